The molecule has 0 aliphatic heterocycles. The number of carbonyl (C=O) groups is 1. The molecule has 0 saturated heterocycles. The Morgan fingerprint density at radius 1 is 1.33 bits per heavy atom. The van der Waals surface area contributed by atoms with Crippen LogP contribution in [0.25, 0.3) is 0 Å². The Hall–Kier alpha value is -0.570. The van der Waals surface area contributed by atoms with Crippen LogP contribution >= 0.6 is 0 Å². The minimum Gasteiger partial charge on any atom is -0.469 e. The molecule has 0 atom stereocenters. The van der Waals surface area contributed by atoms with Crippen LogP contribution in [0, 0.1) is 11.8 Å². The van der Waals surface area contributed by atoms with Crippen molar-refractivity contribution in [1.82, 2.24) is 5.32 Å². The van der Waals surface area contributed by atoms with Crippen molar-refractivity contribution in [2.45, 2.75) is 39.0 Å². The van der Waals surface area contributed by atoms with Crippen molar-refractivity contribution in [3.05, 3.63) is 0 Å². The summed E-state index contributed by atoms with van der Waals surface area (Å²) in [5, 5.41) is 3.45. The zero-order valence-corrected chi connectivity index (χ0v) is 9.92. The van der Waals surface area contributed by atoms with E-state index in [-0.39, 0.29) is 11.9 Å². The maximum atomic E-state index is 11.3. The Morgan fingerprint density at radius 2 is 2.00 bits per heavy atom. The summed E-state index contributed by atoms with van der Waals surface area (Å²) in [5.74, 6) is 0.907. The predicted octanol–water partition coefficient (Wildman–Crippen LogP) is 1.97. The molecule has 1 rings (SSSR count). The molecular formula is C12H23NO2. The second kappa shape index (κ2) is 6.83. The molecule has 0 aromatic carbocycles. The number of hydrogen-bond donors (Lipinski definition) is 1. The maximum Gasteiger partial charge on any atom is 0.308 e. The minimum absolute atomic E-state index is 0.0185. The van der Waals surface area contributed by atoms with Crippen LogP contribution in [0.1, 0.15) is 39.0 Å². The van der Waals surface area contributed by atoms with Crippen LogP contribution in [0.4, 0.5) is 0 Å². The highest BCUT2D eigenvalue weighted by atomic mass is 16.5. The quantitative estimate of drug-likeness (QED) is 0.560. The van der Waals surface area contributed by atoms with Gasteiger partial charge in [0.05, 0.1) is 13.0 Å². The Morgan fingerprint density at radius 3 is 2.53 bits per heavy atom. The number of ether oxygens (including phenoxy) is 1. The number of carbonyl (C=O) groups excluding carboxylic acids is 1. The summed E-state index contributed by atoms with van der Waals surface area (Å²) in [6.45, 7) is 4.40. The molecule has 1 saturated carbocycles. The average molecular weight is 213 g/mol. The highest BCUT2D eigenvalue weighted by molar-refractivity contribution is 5.72. The zero-order chi connectivity index (χ0) is 11.1. The van der Waals surface area contributed by atoms with E-state index in [9.17, 15) is 4.79 Å². The van der Waals surface area contributed by atoms with Crippen LogP contribution in [0.3, 0.4) is 0 Å². The SMILES string of the molecule is CCCNCC1CCC(C(=O)OC)CC1. The van der Waals surface area contributed by atoms with Crippen LogP contribution in [0.2, 0.25) is 0 Å². The van der Waals surface area contributed by atoms with Gasteiger partial charge in [-0.25, -0.2) is 0 Å². The molecule has 0 aromatic heterocycles. The van der Waals surface area contributed by atoms with Gasteiger partial charge in [0.15, 0.2) is 0 Å². The Balaban J connectivity index is 2.15. The second-order valence-electron chi connectivity index (χ2n) is 4.44. The van der Waals surface area contributed by atoms with E-state index in [1.54, 1.807) is 0 Å². The predicted molar refractivity (Wildman–Crippen MR) is 60.6 cm³/mol. The van der Waals surface area contributed by atoms with Crippen LogP contribution in [0.5, 0.6) is 0 Å². The van der Waals surface area contributed by atoms with Gasteiger partial charge in [0.1, 0.15) is 0 Å². The van der Waals surface area contributed by atoms with Crippen LogP contribution in [-0.2, 0) is 9.53 Å². The topological polar surface area (TPSA) is 38.3 Å². The van der Waals surface area contributed by atoms with Gasteiger partial charge in [0.25, 0.3) is 0 Å². The molecule has 1 aliphatic rings. The smallest absolute Gasteiger partial charge is 0.308 e. The van der Waals surface area contributed by atoms with E-state index < -0.39 is 0 Å². The number of rotatable bonds is 5. The lowest BCUT2D eigenvalue weighted by molar-refractivity contribution is -0.146. The lowest BCUT2D eigenvalue weighted by atomic mass is 9.82. The van der Waals surface area contributed by atoms with Gasteiger partial charge < -0.3 is 10.1 Å². The Bertz CT molecular complexity index is 186. The highest BCUT2D eigenvalue weighted by Gasteiger charge is 2.26. The molecule has 0 aromatic rings. The molecule has 1 aliphatic carbocycles. The summed E-state index contributed by atoms with van der Waals surface area (Å²) in [5.41, 5.74) is 0. The van der Waals surface area contributed by atoms with E-state index in [2.05, 4.69) is 12.2 Å². The number of esters is 1. The molecule has 15 heavy (non-hydrogen) atoms. The normalized spacial score (nSPS) is 26.3. The molecule has 1 fully saturated rings. The van der Waals surface area contributed by atoms with E-state index in [0.29, 0.717) is 0 Å². The van der Waals surface area contributed by atoms with Crippen molar-refractivity contribution in [2.75, 3.05) is 20.2 Å². The molecule has 0 heterocycles. The molecule has 0 spiro atoms. The first kappa shape index (κ1) is 12.5. The van der Waals surface area contributed by atoms with E-state index >= 15 is 0 Å². The van der Waals surface area contributed by atoms with Gasteiger partial charge in [-0.3, -0.25) is 4.79 Å². The lowest BCUT2D eigenvalue weighted by Crippen LogP contribution is -2.29. The van der Waals surface area contributed by atoms with Crippen molar-refractivity contribution in [3.63, 3.8) is 0 Å². The molecule has 0 bridgehead atoms. The second-order valence-corrected chi connectivity index (χ2v) is 4.44. The van der Waals surface area contributed by atoms with Gasteiger partial charge in [-0.05, 0) is 51.1 Å². The first-order valence-corrected chi connectivity index (χ1v) is 6.06. The summed E-state index contributed by atoms with van der Waals surface area (Å²) in [6, 6.07) is 0. The minimum atomic E-state index is -0.0185. The third kappa shape index (κ3) is 4.20. The monoisotopic (exact) mass is 213 g/mol. The molecule has 0 amide bonds. The fraction of sp³-hybridized carbons (Fsp3) is 0.917. The van der Waals surface area contributed by atoms with Crippen molar-refractivity contribution < 1.29 is 9.53 Å². The summed E-state index contributed by atoms with van der Waals surface area (Å²) in [4.78, 5) is 11.3. The van der Waals surface area contributed by atoms with Crippen LogP contribution < -0.4 is 5.32 Å². The summed E-state index contributed by atoms with van der Waals surface area (Å²) in [7, 11) is 1.48. The van der Waals surface area contributed by atoms with Crippen molar-refractivity contribution in [3.8, 4) is 0 Å². The van der Waals surface area contributed by atoms with Crippen molar-refractivity contribution in [1.29, 1.82) is 0 Å². The molecular weight excluding hydrogens is 190 g/mol. The van der Waals surface area contributed by atoms with Gasteiger partial charge in [-0.2, -0.15) is 0 Å². The fourth-order valence-electron chi connectivity index (χ4n) is 2.25. The zero-order valence-electron chi connectivity index (χ0n) is 9.92. The van der Waals surface area contributed by atoms with E-state index in [0.717, 1.165) is 44.7 Å². The van der Waals surface area contributed by atoms with Gasteiger partial charge in [0, 0.05) is 0 Å². The van der Waals surface area contributed by atoms with Crippen molar-refractivity contribution >= 4 is 5.97 Å². The van der Waals surface area contributed by atoms with E-state index in [1.807, 2.05) is 0 Å². The van der Waals surface area contributed by atoms with E-state index in [4.69, 9.17) is 4.74 Å². The van der Waals surface area contributed by atoms with Crippen molar-refractivity contribution in [2.24, 2.45) is 11.8 Å². The largest absolute Gasteiger partial charge is 0.469 e. The fourth-order valence-corrected chi connectivity index (χ4v) is 2.25. The highest BCUT2D eigenvalue weighted by Crippen LogP contribution is 2.28. The average Bonchev–Trinajstić information content (AvgIpc) is 2.29. The molecule has 0 radical (unpaired) electrons. The first-order valence-electron chi connectivity index (χ1n) is 6.06. The summed E-state index contributed by atoms with van der Waals surface area (Å²) < 4.78 is 4.77. The Kier molecular flexibility index (Phi) is 5.69. The standard InChI is InChI=1S/C12H23NO2/c1-3-8-13-9-10-4-6-11(7-5-10)12(14)15-2/h10-11,13H,3-9H2,1-2H3. The molecule has 1 N–H and O–H groups in total. The third-order valence-corrected chi connectivity index (χ3v) is 3.24. The number of nitrogens with one attached hydrogen (secondary N) is 1. The van der Waals surface area contributed by atoms with Gasteiger partial charge in [0.2, 0.25) is 0 Å². The summed E-state index contributed by atoms with van der Waals surface area (Å²) in [6.07, 6.45) is 5.53. The van der Waals surface area contributed by atoms with Gasteiger partial charge in [-0.1, -0.05) is 6.92 Å². The van der Waals surface area contributed by atoms with Gasteiger partial charge in [-0.15, -0.1) is 0 Å². The number of methoxy groups -OCH3 is 1. The molecule has 0 unspecified atom stereocenters. The number of hydrogen-bond acceptors (Lipinski definition) is 3. The Labute approximate surface area is 92.6 Å². The van der Waals surface area contributed by atoms with Crippen LogP contribution in [0.15, 0.2) is 0 Å². The summed E-state index contributed by atoms with van der Waals surface area (Å²) >= 11 is 0. The maximum absolute atomic E-state index is 11.3. The lowest BCUT2D eigenvalue weighted by Gasteiger charge is -2.26. The molecule has 3 heteroatoms. The van der Waals surface area contributed by atoms with Gasteiger partial charge >= 0.3 is 5.97 Å². The van der Waals surface area contributed by atoms with E-state index in [1.165, 1.54) is 13.5 Å². The molecule has 3 nitrogen and oxygen atoms in total. The third-order valence-electron chi connectivity index (χ3n) is 3.24. The molecule has 88 valence electrons. The van der Waals surface area contributed by atoms with Crippen LogP contribution in [-0.4, -0.2) is 26.2 Å². The first-order chi connectivity index (χ1) is 7.27.